The Labute approximate surface area is 102 Å². The SMILES string of the molecule is Fc1ccc(S)cc1.[K]. The minimum Gasteiger partial charge on any atom is -0.207 e. The van der Waals surface area contributed by atoms with E-state index in [-0.39, 0.29) is 57.2 Å². The fourth-order valence-corrected chi connectivity index (χ4v) is 0.590. The van der Waals surface area contributed by atoms with Gasteiger partial charge in [0.2, 0.25) is 0 Å². The predicted octanol–water partition coefficient (Wildman–Crippen LogP) is 1.73. The smallest absolute Gasteiger partial charge is 0.123 e. The molecule has 0 N–H and O–H groups in total. The van der Waals surface area contributed by atoms with Crippen LogP contribution in [0.4, 0.5) is 4.39 Å². The second-order valence-electron chi connectivity index (χ2n) is 1.48. The minimum absolute atomic E-state index is 0. The fraction of sp³-hybridized carbons (Fsp3) is 0. The van der Waals surface area contributed by atoms with Gasteiger partial charge in [0, 0.05) is 56.3 Å². The van der Waals surface area contributed by atoms with Crippen molar-refractivity contribution < 1.29 is 4.39 Å². The van der Waals surface area contributed by atoms with Crippen molar-refractivity contribution in [3.8, 4) is 0 Å². The molecule has 0 aliphatic carbocycles. The quantitative estimate of drug-likeness (QED) is 0.441. The largest absolute Gasteiger partial charge is 0.207 e. The maximum absolute atomic E-state index is 12.1. The topological polar surface area (TPSA) is 0 Å². The normalized spacial score (nSPS) is 8.22. The Kier molecular flexibility index (Phi) is 5.49. The molecule has 0 saturated heterocycles. The monoisotopic (exact) mass is 167 g/mol. The van der Waals surface area contributed by atoms with Gasteiger partial charge in [0.25, 0.3) is 0 Å². The molecule has 0 atom stereocenters. The van der Waals surface area contributed by atoms with E-state index in [0.29, 0.717) is 0 Å². The molecule has 1 rings (SSSR count). The van der Waals surface area contributed by atoms with Gasteiger partial charge in [-0.25, -0.2) is 4.39 Å². The number of hydrogen-bond donors (Lipinski definition) is 1. The number of thiol groups is 1. The second kappa shape index (κ2) is 4.88. The Morgan fingerprint density at radius 1 is 1.11 bits per heavy atom. The average Bonchev–Trinajstić information content (AvgIpc) is 1.77. The van der Waals surface area contributed by atoms with E-state index in [1.807, 2.05) is 0 Å². The molecule has 1 aromatic carbocycles. The van der Waals surface area contributed by atoms with Crippen LogP contribution in [0, 0.1) is 5.82 Å². The zero-order chi connectivity index (χ0) is 5.98. The van der Waals surface area contributed by atoms with Gasteiger partial charge < -0.3 is 0 Å². The molecular formula is C6H5FKS. The zero-order valence-corrected chi connectivity index (χ0v) is 9.15. The van der Waals surface area contributed by atoms with Gasteiger partial charge >= 0.3 is 0 Å². The summed E-state index contributed by atoms with van der Waals surface area (Å²) < 4.78 is 12.1. The molecular weight excluding hydrogens is 162 g/mol. The van der Waals surface area contributed by atoms with Gasteiger partial charge in [-0.3, -0.25) is 0 Å². The van der Waals surface area contributed by atoms with Gasteiger partial charge in [-0.1, -0.05) is 0 Å². The molecule has 0 unspecified atom stereocenters. The fourth-order valence-electron chi connectivity index (χ4n) is 0.441. The number of benzene rings is 1. The molecule has 0 nitrogen and oxygen atoms in total. The molecule has 1 aromatic rings. The summed E-state index contributed by atoms with van der Waals surface area (Å²) in [5.74, 6) is -0.220. The van der Waals surface area contributed by atoms with E-state index in [0.717, 1.165) is 4.90 Å². The Balaban J connectivity index is 0.000000640. The molecule has 0 heterocycles. The summed E-state index contributed by atoms with van der Waals surface area (Å²) >= 11 is 3.97. The summed E-state index contributed by atoms with van der Waals surface area (Å²) in [4.78, 5) is 0.784. The van der Waals surface area contributed by atoms with E-state index in [9.17, 15) is 4.39 Å². The molecule has 0 aliphatic rings. The number of hydrogen-bond acceptors (Lipinski definition) is 1. The zero-order valence-electron chi connectivity index (χ0n) is 5.13. The van der Waals surface area contributed by atoms with Crippen molar-refractivity contribution >= 4 is 64.0 Å². The summed E-state index contributed by atoms with van der Waals surface area (Å²) in [5.41, 5.74) is 0. The van der Waals surface area contributed by atoms with Gasteiger partial charge in [-0.05, 0) is 24.3 Å². The van der Waals surface area contributed by atoms with Crippen molar-refractivity contribution in [3.63, 3.8) is 0 Å². The standard InChI is InChI=1S/C6H5FS.K/c7-5-1-3-6(8)4-2-5;/h1-4,8H;. The van der Waals surface area contributed by atoms with Crippen molar-refractivity contribution in [1.82, 2.24) is 0 Å². The third-order valence-electron chi connectivity index (χ3n) is 0.827. The Morgan fingerprint density at radius 3 is 1.89 bits per heavy atom. The van der Waals surface area contributed by atoms with Crippen LogP contribution in [0.25, 0.3) is 0 Å². The molecule has 0 amide bonds. The molecule has 0 bridgehead atoms. The molecule has 0 saturated carbocycles. The average molecular weight is 167 g/mol. The van der Waals surface area contributed by atoms with Gasteiger partial charge in [0.05, 0.1) is 0 Å². The number of rotatable bonds is 0. The van der Waals surface area contributed by atoms with Crippen molar-refractivity contribution in [2.24, 2.45) is 0 Å². The van der Waals surface area contributed by atoms with Crippen LogP contribution in [-0.4, -0.2) is 51.4 Å². The molecule has 3 heteroatoms. The predicted molar refractivity (Wildman–Crippen MR) is 39.4 cm³/mol. The van der Waals surface area contributed by atoms with E-state index in [2.05, 4.69) is 12.6 Å². The van der Waals surface area contributed by atoms with Crippen LogP contribution in [-0.2, 0) is 0 Å². The summed E-state index contributed by atoms with van der Waals surface area (Å²) in [6.45, 7) is 0. The van der Waals surface area contributed by atoms with Crippen LogP contribution >= 0.6 is 12.6 Å². The molecule has 43 valence electrons. The van der Waals surface area contributed by atoms with Crippen molar-refractivity contribution in [2.45, 2.75) is 4.90 Å². The molecule has 1 radical (unpaired) electrons. The van der Waals surface area contributed by atoms with E-state index in [1.54, 1.807) is 12.1 Å². The van der Waals surface area contributed by atoms with E-state index in [1.165, 1.54) is 12.1 Å². The first-order valence-electron chi connectivity index (χ1n) is 2.23. The van der Waals surface area contributed by atoms with Crippen LogP contribution in [0.15, 0.2) is 29.2 Å². The molecule has 0 fully saturated rings. The Hall–Kier alpha value is 1.14. The summed E-state index contributed by atoms with van der Waals surface area (Å²) in [7, 11) is 0. The van der Waals surface area contributed by atoms with E-state index >= 15 is 0 Å². The van der Waals surface area contributed by atoms with Crippen LogP contribution in [0.1, 0.15) is 0 Å². The third kappa shape index (κ3) is 3.75. The van der Waals surface area contributed by atoms with Crippen molar-refractivity contribution in [2.75, 3.05) is 0 Å². The van der Waals surface area contributed by atoms with Crippen LogP contribution in [0.2, 0.25) is 0 Å². The Bertz CT molecular complexity index is 152. The Morgan fingerprint density at radius 2 is 1.56 bits per heavy atom. The van der Waals surface area contributed by atoms with Crippen LogP contribution < -0.4 is 0 Å². The summed E-state index contributed by atoms with van der Waals surface area (Å²) in [6.07, 6.45) is 0. The van der Waals surface area contributed by atoms with Crippen LogP contribution in [0.3, 0.4) is 0 Å². The van der Waals surface area contributed by atoms with E-state index < -0.39 is 0 Å². The molecule has 0 aromatic heterocycles. The molecule has 0 aliphatic heterocycles. The maximum atomic E-state index is 12.1. The summed E-state index contributed by atoms with van der Waals surface area (Å²) in [6, 6.07) is 5.97. The van der Waals surface area contributed by atoms with Gasteiger partial charge in [-0.15, -0.1) is 12.6 Å². The first kappa shape index (κ1) is 10.1. The minimum atomic E-state index is -0.220. The third-order valence-corrected chi connectivity index (χ3v) is 1.12. The molecule has 0 spiro atoms. The summed E-state index contributed by atoms with van der Waals surface area (Å²) in [5, 5.41) is 0. The first-order chi connectivity index (χ1) is 3.79. The first-order valence-corrected chi connectivity index (χ1v) is 2.68. The van der Waals surface area contributed by atoms with Gasteiger partial charge in [0.1, 0.15) is 5.82 Å². The maximum Gasteiger partial charge on any atom is 0.123 e. The molecule has 9 heavy (non-hydrogen) atoms. The van der Waals surface area contributed by atoms with E-state index in [4.69, 9.17) is 0 Å². The van der Waals surface area contributed by atoms with Gasteiger partial charge in [0.15, 0.2) is 0 Å². The second-order valence-corrected chi connectivity index (χ2v) is 1.99. The van der Waals surface area contributed by atoms with Crippen molar-refractivity contribution in [1.29, 1.82) is 0 Å². The van der Waals surface area contributed by atoms with Gasteiger partial charge in [-0.2, -0.15) is 0 Å². The van der Waals surface area contributed by atoms with Crippen LogP contribution in [0.5, 0.6) is 0 Å². The number of halogens is 1. The van der Waals surface area contributed by atoms with Crippen molar-refractivity contribution in [3.05, 3.63) is 30.1 Å².